The van der Waals surface area contributed by atoms with Crippen molar-refractivity contribution in [2.24, 2.45) is 0 Å². The Balaban J connectivity index is 1.58. The average Bonchev–Trinajstić information content (AvgIpc) is 2.90. The van der Waals surface area contributed by atoms with Gasteiger partial charge in [-0.15, -0.1) is 0 Å². The second-order valence-electron chi connectivity index (χ2n) is 6.78. The summed E-state index contributed by atoms with van der Waals surface area (Å²) in [5, 5.41) is 3.69. The standard InChI is InChI=1S/C18H26N2O/c1-2-19-13-10-14-6-5-7-15(11-13)20(14)17-12-21-18-9-4-3-8-16(17)18/h3-4,8-9,13-15,17,19H,2,5-7,10-12H2,1H3. The van der Waals surface area contributed by atoms with E-state index in [1.165, 1.54) is 37.7 Å². The van der Waals surface area contributed by atoms with Crippen LogP contribution in [0.25, 0.3) is 0 Å². The maximum atomic E-state index is 5.95. The molecule has 0 saturated carbocycles. The van der Waals surface area contributed by atoms with Gasteiger partial charge in [0.2, 0.25) is 0 Å². The highest BCUT2D eigenvalue weighted by Gasteiger charge is 2.44. The van der Waals surface area contributed by atoms with Gasteiger partial charge in [0.05, 0.1) is 6.04 Å². The zero-order valence-corrected chi connectivity index (χ0v) is 12.9. The molecule has 0 spiro atoms. The van der Waals surface area contributed by atoms with Crippen molar-refractivity contribution in [3.8, 4) is 5.75 Å². The van der Waals surface area contributed by atoms with Crippen LogP contribution in [0.2, 0.25) is 0 Å². The minimum Gasteiger partial charge on any atom is -0.491 e. The Hall–Kier alpha value is -1.06. The molecule has 3 atom stereocenters. The fourth-order valence-electron chi connectivity index (χ4n) is 4.77. The number of fused-ring (bicyclic) bond motifs is 3. The molecular formula is C18H26N2O. The Morgan fingerprint density at radius 3 is 2.71 bits per heavy atom. The lowest BCUT2D eigenvalue weighted by molar-refractivity contribution is -0.0170. The number of nitrogens with zero attached hydrogens (tertiary/aromatic N) is 1. The van der Waals surface area contributed by atoms with Gasteiger partial charge < -0.3 is 10.1 Å². The van der Waals surface area contributed by atoms with Crippen LogP contribution < -0.4 is 10.1 Å². The van der Waals surface area contributed by atoms with E-state index < -0.39 is 0 Å². The van der Waals surface area contributed by atoms with Crippen molar-refractivity contribution < 1.29 is 4.74 Å². The maximum Gasteiger partial charge on any atom is 0.124 e. The summed E-state index contributed by atoms with van der Waals surface area (Å²) >= 11 is 0. The molecule has 21 heavy (non-hydrogen) atoms. The number of rotatable bonds is 3. The van der Waals surface area contributed by atoms with E-state index in [0.29, 0.717) is 6.04 Å². The number of ether oxygens (including phenoxy) is 1. The van der Waals surface area contributed by atoms with Crippen molar-refractivity contribution in [3.63, 3.8) is 0 Å². The zero-order valence-electron chi connectivity index (χ0n) is 12.9. The largest absolute Gasteiger partial charge is 0.491 e. The van der Waals surface area contributed by atoms with Crippen LogP contribution in [0.15, 0.2) is 24.3 Å². The quantitative estimate of drug-likeness (QED) is 0.924. The number of piperidine rings is 2. The predicted octanol–water partition coefficient (Wildman–Crippen LogP) is 3.12. The van der Waals surface area contributed by atoms with Crippen LogP contribution in [-0.2, 0) is 0 Å². The lowest BCUT2D eigenvalue weighted by Gasteiger charge is -2.51. The highest BCUT2D eigenvalue weighted by molar-refractivity contribution is 5.39. The summed E-state index contributed by atoms with van der Waals surface area (Å²) in [6.45, 7) is 4.17. The Kier molecular flexibility index (Phi) is 3.64. The van der Waals surface area contributed by atoms with Gasteiger partial charge >= 0.3 is 0 Å². The molecule has 0 aliphatic carbocycles. The second kappa shape index (κ2) is 5.62. The van der Waals surface area contributed by atoms with Crippen LogP contribution >= 0.6 is 0 Å². The van der Waals surface area contributed by atoms with Gasteiger partial charge in [-0.05, 0) is 38.3 Å². The summed E-state index contributed by atoms with van der Waals surface area (Å²) in [6, 6.07) is 11.3. The Morgan fingerprint density at radius 1 is 1.19 bits per heavy atom. The molecule has 1 N–H and O–H groups in total. The fraction of sp³-hybridized carbons (Fsp3) is 0.667. The smallest absolute Gasteiger partial charge is 0.124 e. The van der Waals surface area contributed by atoms with Gasteiger partial charge in [0.25, 0.3) is 0 Å². The molecule has 2 fully saturated rings. The summed E-state index contributed by atoms with van der Waals surface area (Å²) in [6.07, 6.45) is 6.74. The zero-order chi connectivity index (χ0) is 14.2. The van der Waals surface area contributed by atoms with E-state index in [9.17, 15) is 0 Å². The van der Waals surface area contributed by atoms with E-state index in [4.69, 9.17) is 4.74 Å². The molecule has 2 bridgehead atoms. The first-order valence-corrected chi connectivity index (χ1v) is 8.59. The molecule has 3 heteroatoms. The number of nitrogens with one attached hydrogen (secondary N) is 1. The van der Waals surface area contributed by atoms with Crippen molar-refractivity contribution >= 4 is 0 Å². The van der Waals surface area contributed by atoms with Gasteiger partial charge in [0.15, 0.2) is 0 Å². The van der Waals surface area contributed by atoms with Crippen molar-refractivity contribution in [2.45, 2.75) is 63.2 Å². The summed E-state index contributed by atoms with van der Waals surface area (Å²) in [4.78, 5) is 2.81. The summed E-state index contributed by atoms with van der Waals surface area (Å²) in [5.74, 6) is 1.11. The highest BCUT2D eigenvalue weighted by Crippen LogP contribution is 2.44. The third-order valence-electron chi connectivity index (χ3n) is 5.56. The third kappa shape index (κ3) is 2.36. The monoisotopic (exact) mass is 286 g/mol. The topological polar surface area (TPSA) is 24.5 Å². The molecule has 3 aliphatic heterocycles. The molecule has 3 heterocycles. The van der Waals surface area contributed by atoms with E-state index in [1.807, 2.05) is 0 Å². The predicted molar refractivity (Wildman–Crippen MR) is 84.6 cm³/mol. The number of hydrogen-bond acceptors (Lipinski definition) is 3. The minimum atomic E-state index is 0.485. The molecule has 3 unspecified atom stereocenters. The van der Waals surface area contributed by atoms with Crippen LogP contribution in [0.5, 0.6) is 5.75 Å². The van der Waals surface area contributed by atoms with Crippen LogP contribution in [0.1, 0.15) is 50.6 Å². The van der Waals surface area contributed by atoms with Crippen molar-refractivity contribution in [2.75, 3.05) is 13.2 Å². The van der Waals surface area contributed by atoms with Gasteiger partial charge in [-0.3, -0.25) is 4.90 Å². The average molecular weight is 286 g/mol. The van der Waals surface area contributed by atoms with Crippen molar-refractivity contribution in [1.82, 2.24) is 10.2 Å². The van der Waals surface area contributed by atoms with Gasteiger partial charge in [-0.25, -0.2) is 0 Å². The van der Waals surface area contributed by atoms with Crippen LogP contribution in [0, 0.1) is 0 Å². The molecule has 3 nitrogen and oxygen atoms in total. The molecule has 1 aromatic carbocycles. The lowest BCUT2D eigenvalue weighted by atomic mass is 9.80. The first-order valence-electron chi connectivity index (χ1n) is 8.59. The van der Waals surface area contributed by atoms with Crippen LogP contribution in [0.4, 0.5) is 0 Å². The first-order chi connectivity index (χ1) is 10.4. The normalized spacial score (nSPS) is 35.3. The highest BCUT2D eigenvalue weighted by atomic mass is 16.5. The third-order valence-corrected chi connectivity index (χ3v) is 5.56. The van der Waals surface area contributed by atoms with Gasteiger partial charge in [0.1, 0.15) is 12.4 Å². The molecule has 0 aromatic heterocycles. The molecule has 0 amide bonds. The van der Waals surface area contributed by atoms with E-state index in [0.717, 1.165) is 37.0 Å². The lowest BCUT2D eigenvalue weighted by Crippen LogP contribution is -2.57. The van der Waals surface area contributed by atoms with Gasteiger partial charge in [-0.2, -0.15) is 0 Å². The van der Waals surface area contributed by atoms with Crippen LogP contribution in [0.3, 0.4) is 0 Å². The molecule has 3 aliphatic rings. The van der Waals surface area contributed by atoms with Gasteiger partial charge in [0, 0.05) is 23.7 Å². The first kappa shape index (κ1) is 13.6. The van der Waals surface area contributed by atoms with E-state index in [1.54, 1.807) is 0 Å². The second-order valence-corrected chi connectivity index (χ2v) is 6.78. The van der Waals surface area contributed by atoms with E-state index in [-0.39, 0.29) is 0 Å². The fourth-order valence-corrected chi connectivity index (χ4v) is 4.77. The molecular weight excluding hydrogens is 260 g/mol. The molecule has 114 valence electrons. The number of para-hydroxylation sites is 1. The van der Waals surface area contributed by atoms with Crippen molar-refractivity contribution in [3.05, 3.63) is 29.8 Å². The van der Waals surface area contributed by atoms with E-state index >= 15 is 0 Å². The Labute approximate surface area is 127 Å². The molecule has 4 rings (SSSR count). The number of benzene rings is 1. The Morgan fingerprint density at radius 2 is 1.95 bits per heavy atom. The SMILES string of the molecule is CCNC1CC2CCCC(C1)N2C1COc2ccccc21. The molecule has 1 aromatic rings. The number of hydrogen-bond donors (Lipinski definition) is 1. The minimum absolute atomic E-state index is 0.485. The summed E-state index contributed by atoms with van der Waals surface area (Å²) in [7, 11) is 0. The summed E-state index contributed by atoms with van der Waals surface area (Å²) in [5.41, 5.74) is 1.41. The molecule has 2 saturated heterocycles. The molecule has 0 radical (unpaired) electrons. The van der Waals surface area contributed by atoms with E-state index in [2.05, 4.69) is 41.4 Å². The van der Waals surface area contributed by atoms with Crippen molar-refractivity contribution in [1.29, 1.82) is 0 Å². The maximum absolute atomic E-state index is 5.95. The Bertz CT molecular complexity index is 490. The van der Waals surface area contributed by atoms with Gasteiger partial charge in [-0.1, -0.05) is 31.5 Å². The van der Waals surface area contributed by atoms with Crippen LogP contribution in [-0.4, -0.2) is 36.2 Å². The summed E-state index contributed by atoms with van der Waals surface area (Å²) < 4.78 is 5.95.